The smallest absolute Gasteiger partial charge is 0.229 e. The molecule has 0 aromatic heterocycles. The van der Waals surface area contributed by atoms with Crippen LogP contribution < -0.4 is 5.32 Å². The molecule has 1 aromatic rings. The summed E-state index contributed by atoms with van der Waals surface area (Å²) in [7, 11) is 0. The molecule has 0 bridgehead atoms. The van der Waals surface area contributed by atoms with Crippen molar-refractivity contribution < 1.29 is 18.7 Å². The number of benzene rings is 1. The molecule has 1 heterocycles. The van der Waals surface area contributed by atoms with Gasteiger partial charge in [-0.25, -0.2) is 4.39 Å². The minimum Gasteiger partial charge on any atom is -0.381 e. The first-order chi connectivity index (χ1) is 8.58. The lowest BCUT2D eigenvalue weighted by molar-refractivity contribution is -0.119. The van der Waals surface area contributed by atoms with E-state index >= 15 is 0 Å². The van der Waals surface area contributed by atoms with Gasteiger partial charge in [0.15, 0.2) is 5.78 Å². The number of ketones is 1. The van der Waals surface area contributed by atoms with E-state index in [1.165, 1.54) is 19.1 Å². The Bertz CT molecular complexity index is 481. The molecule has 1 aliphatic heterocycles. The van der Waals surface area contributed by atoms with Crippen LogP contribution in [0.15, 0.2) is 18.2 Å². The molecule has 1 fully saturated rings. The Morgan fingerprint density at radius 1 is 1.44 bits per heavy atom. The SMILES string of the molecule is CC(=O)c1ccc(F)cc1NC(=O)[C@@H]1CCOC1. The first kappa shape index (κ1) is 12.7. The number of nitrogens with one attached hydrogen (secondary N) is 1. The Hall–Kier alpha value is -1.75. The van der Waals surface area contributed by atoms with Crippen LogP contribution in [-0.2, 0) is 9.53 Å². The lowest BCUT2D eigenvalue weighted by atomic mass is 10.1. The molecule has 1 aromatic carbocycles. The van der Waals surface area contributed by atoms with Crippen molar-refractivity contribution in [2.24, 2.45) is 5.92 Å². The lowest BCUT2D eigenvalue weighted by Gasteiger charge is -2.12. The van der Waals surface area contributed by atoms with Crippen LogP contribution in [0.25, 0.3) is 0 Å². The summed E-state index contributed by atoms with van der Waals surface area (Å²) in [5.41, 5.74) is 0.531. The molecule has 4 nitrogen and oxygen atoms in total. The fourth-order valence-electron chi connectivity index (χ4n) is 1.90. The Kier molecular flexibility index (Phi) is 3.72. The second kappa shape index (κ2) is 5.27. The average Bonchev–Trinajstić information content (AvgIpc) is 2.81. The van der Waals surface area contributed by atoms with Crippen molar-refractivity contribution in [2.45, 2.75) is 13.3 Å². The van der Waals surface area contributed by atoms with E-state index in [0.717, 1.165) is 6.07 Å². The predicted octanol–water partition coefficient (Wildman–Crippen LogP) is 2.00. The highest BCUT2D eigenvalue weighted by molar-refractivity contribution is 6.04. The van der Waals surface area contributed by atoms with Gasteiger partial charge in [-0.1, -0.05) is 0 Å². The van der Waals surface area contributed by atoms with Crippen molar-refractivity contribution in [2.75, 3.05) is 18.5 Å². The van der Waals surface area contributed by atoms with E-state index in [2.05, 4.69) is 5.32 Å². The van der Waals surface area contributed by atoms with Crippen molar-refractivity contribution in [1.82, 2.24) is 0 Å². The molecule has 1 atom stereocenters. The van der Waals surface area contributed by atoms with Crippen LogP contribution in [0.4, 0.5) is 10.1 Å². The summed E-state index contributed by atoms with van der Waals surface area (Å²) >= 11 is 0. The quantitative estimate of drug-likeness (QED) is 0.836. The van der Waals surface area contributed by atoms with Crippen LogP contribution in [-0.4, -0.2) is 24.9 Å². The highest BCUT2D eigenvalue weighted by Crippen LogP contribution is 2.20. The second-order valence-electron chi connectivity index (χ2n) is 4.30. The van der Waals surface area contributed by atoms with Crippen molar-refractivity contribution in [3.63, 3.8) is 0 Å². The van der Waals surface area contributed by atoms with E-state index in [4.69, 9.17) is 4.74 Å². The Morgan fingerprint density at radius 2 is 2.22 bits per heavy atom. The average molecular weight is 251 g/mol. The summed E-state index contributed by atoms with van der Waals surface area (Å²) < 4.78 is 18.3. The summed E-state index contributed by atoms with van der Waals surface area (Å²) in [5, 5.41) is 2.59. The number of halogens is 1. The molecule has 96 valence electrons. The third-order valence-electron chi connectivity index (χ3n) is 2.92. The molecule has 5 heteroatoms. The summed E-state index contributed by atoms with van der Waals surface area (Å²) in [6.45, 7) is 2.30. The number of amides is 1. The van der Waals surface area contributed by atoms with Gasteiger partial charge in [-0.3, -0.25) is 9.59 Å². The third-order valence-corrected chi connectivity index (χ3v) is 2.92. The first-order valence-electron chi connectivity index (χ1n) is 5.77. The maximum atomic E-state index is 13.2. The standard InChI is InChI=1S/C13H14FNO3/c1-8(16)11-3-2-10(14)6-12(11)15-13(17)9-4-5-18-7-9/h2-3,6,9H,4-5,7H2,1H3,(H,15,17)/t9-/m1/s1. The van der Waals surface area contributed by atoms with Crippen LogP contribution in [0, 0.1) is 11.7 Å². The summed E-state index contributed by atoms with van der Waals surface area (Å²) in [5.74, 6) is -1.17. The lowest BCUT2D eigenvalue weighted by Crippen LogP contribution is -2.23. The van der Waals surface area contributed by atoms with Gasteiger partial charge in [0.2, 0.25) is 5.91 Å². The number of Topliss-reactive ketones (excluding diaryl/α,β-unsaturated/α-hetero) is 1. The molecule has 0 spiro atoms. The van der Waals surface area contributed by atoms with Crippen molar-refractivity contribution in [1.29, 1.82) is 0 Å². The van der Waals surface area contributed by atoms with Gasteiger partial charge in [0.25, 0.3) is 0 Å². The second-order valence-corrected chi connectivity index (χ2v) is 4.30. The molecule has 0 aliphatic carbocycles. The molecule has 1 amide bonds. The number of hydrogen-bond acceptors (Lipinski definition) is 3. The van der Waals surface area contributed by atoms with Crippen LogP contribution in [0.5, 0.6) is 0 Å². The maximum absolute atomic E-state index is 13.2. The highest BCUT2D eigenvalue weighted by Gasteiger charge is 2.24. The van der Waals surface area contributed by atoms with E-state index in [1.807, 2.05) is 0 Å². The molecule has 0 saturated carbocycles. The largest absolute Gasteiger partial charge is 0.381 e. The first-order valence-corrected chi connectivity index (χ1v) is 5.77. The molecule has 0 unspecified atom stereocenters. The van der Waals surface area contributed by atoms with Crippen LogP contribution in [0.2, 0.25) is 0 Å². The number of hydrogen-bond donors (Lipinski definition) is 1. The summed E-state index contributed by atoms with van der Waals surface area (Å²) in [4.78, 5) is 23.3. The molecule has 18 heavy (non-hydrogen) atoms. The van der Waals surface area contributed by atoms with Gasteiger partial charge in [0, 0.05) is 12.2 Å². The summed E-state index contributed by atoms with van der Waals surface area (Å²) in [6.07, 6.45) is 0.649. The van der Waals surface area contributed by atoms with Gasteiger partial charge in [-0.15, -0.1) is 0 Å². The van der Waals surface area contributed by atoms with E-state index in [9.17, 15) is 14.0 Å². The van der Waals surface area contributed by atoms with Gasteiger partial charge in [-0.2, -0.15) is 0 Å². The summed E-state index contributed by atoms with van der Waals surface area (Å²) in [6, 6.07) is 3.73. The highest BCUT2D eigenvalue weighted by atomic mass is 19.1. The monoisotopic (exact) mass is 251 g/mol. The van der Waals surface area contributed by atoms with Gasteiger partial charge < -0.3 is 10.1 Å². The van der Waals surface area contributed by atoms with Crippen molar-refractivity contribution in [3.8, 4) is 0 Å². The normalized spacial score (nSPS) is 18.7. The van der Waals surface area contributed by atoms with Crippen molar-refractivity contribution in [3.05, 3.63) is 29.6 Å². The Morgan fingerprint density at radius 3 is 2.83 bits per heavy atom. The maximum Gasteiger partial charge on any atom is 0.229 e. The van der Waals surface area contributed by atoms with Crippen LogP contribution in [0.1, 0.15) is 23.7 Å². The number of ether oxygens (including phenoxy) is 1. The van der Waals surface area contributed by atoms with Gasteiger partial charge in [-0.05, 0) is 31.5 Å². The zero-order chi connectivity index (χ0) is 13.1. The number of carbonyl (C=O) groups is 2. The Labute approximate surface area is 104 Å². The molecular weight excluding hydrogens is 237 g/mol. The van der Waals surface area contributed by atoms with Gasteiger partial charge in [0.05, 0.1) is 18.2 Å². The minimum absolute atomic E-state index is 0.215. The molecular formula is C13H14FNO3. The molecule has 0 radical (unpaired) electrons. The molecule has 1 N–H and O–H groups in total. The van der Waals surface area contributed by atoms with E-state index in [1.54, 1.807) is 0 Å². The fourth-order valence-corrected chi connectivity index (χ4v) is 1.90. The van der Waals surface area contributed by atoms with Gasteiger partial charge in [0.1, 0.15) is 5.82 Å². The van der Waals surface area contributed by atoms with Crippen molar-refractivity contribution >= 4 is 17.4 Å². The topological polar surface area (TPSA) is 55.4 Å². The molecule has 1 aliphatic rings. The molecule has 2 rings (SSSR count). The van der Waals surface area contributed by atoms with E-state index in [0.29, 0.717) is 25.2 Å². The zero-order valence-corrected chi connectivity index (χ0v) is 10.0. The third kappa shape index (κ3) is 2.73. The van der Waals surface area contributed by atoms with E-state index < -0.39 is 5.82 Å². The number of carbonyl (C=O) groups excluding carboxylic acids is 2. The van der Waals surface area contributed by atoms with Crippen LogP contribution in [0.3, 0.4) is 0 Å². The number of rotatable bonds is 3. The zero-order valence-electron chi connectivity index (χ0n) is 10.0. The number of anilines is 1. The predicted molar refractivity (Wildman–Crippen MR) is 64.0 cm³/mol. The van der Waals surface area contributed by atoms with Gasteiger partial charge >= 0.3 is 0 Å². The molecule has 1 saturated heterocycles. The fraction of sp³-hybridized carbons (Fsp3) is 0.385. The van der Waals surface area contributed by atoms with Crippen LogP contribution >= 0.6 is 0 Å². The minimum atomic E-state index is -0.488. The van der Waals surface area contributed by atoms with E-state index in [-0.39, 0.29) is 23.3 Å². The Balaban J connectivity index is 2.19.